The van der Waals surface area contributed by atoms with Crippen molar-refractivity contribution in [2.45, 2.75) is 19.8 Å². The van der Waals surface area contributed by atoms with Crippen LogP contribution in [0.3, 0.4) is 0 Å². The first-order chi connectivity index (χ1) is 16.6. The molecule has 0 unspecified atom stereocenters. The maximum atomic E-state index is 13.5. The highest BCUT2D eigenvalue weighted by Crippen LogP contribution is 2.37. The van der Waals surface area contributed by atoms with Crippen LogP contribution in [0.5, 0.6) is 0 Å². The van der Waals surface area contributed by atoms with E-state index in [1.807, 2.05) is 60.7 Å². The Morgan fingerprint density at radius 3 is 2.65 bits per heavy atom. The standard InChI is InChI=1S/C26H19BrN4O2S/c1-2-3-13-30-20-12-11-16(27)14-19(20)21(24(30)32)22-25(33)31-26(34-22)28-23(29-31)18-10-6-8-15-7-4-5-9-17(15)18/h4-12,14H,2-3,13H2,1H3. The van der Waals surface area contributed by atoms with Crippen molar-refractivity contribution in [3.05, 3.63) is 85.6 Å². The molecule has 1 aliphatic rings. The lowest BCUT2D eigenvalue weighted by Gasteiger charge is -2.16. The summed E-state index contributed by atoms with van der Waals surface area (Å²) >= 11 is 4.73. The summed E-state index contributed by atoms with van der Waals surface area (Å²) in [5.41, 5.74) is 2.60. The Labute approximate surface area is 207 Å². The number of halogens is 1. The van der Waals surface area contributed by atoms with Crippen molar-refractivity contribution in [2.24, 2.45) is 0 Å². The van der Waals surface area contributed by atoms with Gasteiger partial charge in [0.25, 0.3) is 11.5 Å². The van der Waals surface area contributed by atoms with Crippen LogP contribution < -0.4 is 15.0 Å². The lowest BCUT2D eigenvalue weighted by molar-refractivity contribution is -0.113. The summed E-state index contributed by atoms with van der Waals surface area (Å²) in [6, 6.07) is 19.7. The van der Waals surface area contributed by atoms with E-state index in [9.17, 15) is 9.59 Å². The van der Waals surface area contributed by atoms with E-state index < -0.39 is 0 Å². The van der Waals surface area contributed by atoms with Gasteiger partial charge in [-0.2, -0.15) is 9.50 Å². The minimum absolute atomic E-state index is 0.141. The Morgan fingerprint density at radius 2 is 1.82 bits per heavy atom. The van der Waals surface area contributed by atoms with Gasteiger partial charge in [-0.1, -0.05) is 83.1 Å². The van der Waals surface area contributed by atoms with Gasteiger partial charge in [0.15, 0.2) is 5.82 Å². The van der Waals surface area contributed by atoms with Crippen LogP contribution in [-0.2, 0) is 4.79 Å². The molecule has 0 saturated heterocycles. The third kappa shape index (κ3) is 3.20. The van der Waals surface area contributed by atoms with E-state index in [-0.39, 0.29) is 11.5 Å². The second-order valence-electron chi connectivity index (χ2n) is 8.24. The van der Waals surface area contributed by atoms with Gasteiger partial charge in [0.2, 0.25) is 4.96 Å². The molecule has 0 aliphatic carbocycles. The number of hydrogen-bond donors (Lipinski definition) is 0. The minimum Gasteiger partial charge on any atom is -0.308 e. The molecule has 5 aromatic rings. The van der Waals surface area contributed by atoms with Gasteiger partial charge < -0.3 is 4.90 Å². The van der Waals surface area contributed by atoms with Crippen molar-refractivity contribution >= 4 is 60.2 Å². The lowest BCUT2D eigenvalue weighted by atomic mass is 10.0. The zero-order chi connectivity index (χ0) is 23.4. The highest BCUT2D eigenvalue weighted by Gasteiger charge is 2.34. The summed E-state index contributed by atoms with van der Waals surface area (Å²) in [7, 11) is 0. The number of fused-ring (bicyclic) bond motifs is 3. The molecule has 1 aliphatic heterocycles. The minimum atomic E-state index is -0.314. The number of amides is 1. The van der Waals surface area contributed by atoms with Crippen molar-refractivity contribution < 1.29 is 4.79 Å². The molecule has 168 valence electrons. The third-order valence-electron chi connectivity index (χ3n) is 6.13. The SMILES string of the molecule is CCCCN1C(=O)C(=c2sc3nc(-c4cccc5ccccc45)nn3c2=O)c2cc(Br)ccc21. The van der Waals surface area contributed by atoms with Crippen molar-refractivity contribution in [1.82, 2.24) is 14.6 Å². The predicted octanol–water partition coefficient (Wildman–Crippen LogP) is 4.80. The molecule has 0 saturated carbocycles. The van der Waals surface area contributed by atoms with Crippen molar-refractivity contribution in [3.63, 3.8) is 0 Å². The Kier molecular flexibility index (Phi) is 5.08. The van der Waals surface area contributed by atoms with Crippen LogP contribution in [0.1, 0.15) is 25.3 Å². The van der Waals surface area contributed by atoms with Crippen LogP contribution in [0.15, 0.2) is 69.9 Å². The average Bonchev–Trinajstić information content (AvgIpc) is 3.47. The summed E-state index contributed by atoms with van der Waals surface area (Å²) in [4.78, 5) is 33.8. The third-order valence-corrected chi connectivity index (χ3v) is 7.65. The first-order valence-corrected chi connectivity index (χ1v) is 12.7. The summed E-state index contributed by atoms with van der Waals surface area (Å²) in [5, 5.41) is 6.66. The smallest absolute Gasteiger partial charge is 0.291 e. The Bertz CT molecular complexity index is 1720. The fraction of sp³-hybridized carbons (Fsp3) is 0.154. The van der Waals surface area contributed by atoms with E-state index in [1.54, 1.807) is 4.90 Å². The van der Waals surface area contributed by atoms with Crippen LogP contribution in [0, 0.1) is 0 Å². The molecule has 8 heteroatoms. The molecule has 0 N–H and O–H groups in total. The zero-order valence-electron chi connectivity index (χ0n) is 18.3. The Balaban J connectivity index is 1.55. The molecule has 0 spiro atoms. The van der Waals surface area contributed by atoms with E-state index in [4.69, 9.17) is 0 Å². The second kappa shape index (κ2) is 8.14. The van der Waals surface area contributed by atoms with Crippen LogP contribution >= 0.6 is 27.3 Å². The number of rotatable bonds is 4. The van der Waals surface area contributed by atoms with E-state index in [1.165, 1.54) is 15.9 Å². The molecule has 34 heavy (non-hydrogen) atoms. The summed E-state index contributed by atoms with van der Waals surface area (Å²) < 4.78 is 2.56. The maximum Gasteiger partial charge on any atom is 0.291 e. The molecule has 2 aromatic heterocycles. The van der Waals surface area contributed by atoms with Crippen LogP contribution in [-0.4, -0.2) is 27.0 Å². The van der Waals surface area contributed by atoms with Crippen LogP contribution in [0.2, 0.25) is 0 Å². The highest BCUT2D eigenvalue weighted by molar-refractivity contribution is 9.10. The van der Waals surface area contributed by atoms with Gasteiger partial charge in [0.05, 0.1) is 11.3 Å². The fourth-order valence-electron chi connectivity index (χ4n) is 4.48. The Hall–Kier alpha value is -3.36. The molecule has 3 heterocycles. The number of anilines is 1. The molecule has 0 fully saturated rings. The van der Waals surface area contributed by atoms with Gasteiger partial charge in [-0.3, -0.25) is 9.59 Å². The number of carbonyl (C=O) groups excluding carboxylic acids is 1. The summed E-state index contributed by atoms with van der Waals surface area (Å²) in [6.07, 6.45) is 1.87. The number of aromatic nitrogens is 3. The van der Waals surface area contributed by atoms with Gasteiger partial charge in [0, 0.05) is 22.1 Å². The van der Waals surface area contributed by atoms with Crippen LogP contribution in [0.25, 0.3) is 32.7 Å². The molecule has 1 amide bonds. The summed E-state index contributed by atoms with van der Waals surface area (Å²) in [5.74, 6) is 0.361. The number of hydrogen-bond acceptors (Lipinski definition) is 5. The van der Waals surface area contributed by atoms with E-state index >= 15 is 0 Å². The topological polar surface area (TPSA) is 67.6 Å². The van der Waals surface area contributed by atoms with E-state index in [2.05, 4.69) is 32.9 Å². The molecular weight excluding hydrogens is 512 g/mol. The highest BCUT2D eigenvalue weighted by atomic mass is 79.9. The molecule has 3 aromatic carbocycles. The summed E-state index contributed by atoms with van der Waals surface area (Å²) in [6.45, 7) is 2.71. The number of nitrogens with zero attached hydrogens (tertiary/aromatic N) is 4. The lowest BCUT2D eigenvalue weighted by Crippen LogP contribution is -2.33. The maximum absolute atomic E-state index is 13.5. The monoisotopic (exact) mass is 530 g/mol. The molecule has 6 rings (SSSR count). The van der Waals surface area contributed by atoms with Crippen molar-refractivity contribution in [3.8, 4) is 11.4 Å². The number of unbranched alkanes of at least 4 members (excludes halogenated alkanes) is 1. The van der Waals surface area contributed by atoms with Gasteiger partial charge in [-0.25, -0.2) is 0 Å². The first kappa shape index (κ1) is 21.2. The molecular formula is C26H19BrN4O2S. The largest absolute Gasteiger partial charge is 0.308 e. The van der Waals surface area contributed by atoms with E-state index in [0.29, 0.717) is 27.4 Å². The normalized spacial score (nSPS) is 15.0. The quantitative estimate of drug-likeness (QED) is 0.334. The molecule has 0 bridgehead atoms. The number of carbonyl (C=O) groups is 1. The van der Waals surface area contributed by atoms with Gasteiger partial charge in [0.1, 0.15) is 4.53 Å². The molecule has 0 radical (unpaired) electrons. The van der Waals surface area contributed by atoms with Gasteiger partial charge >= 0.3 is 0 Å². The fourth-order valence-corrected chi connectivity index (χ4v) is 5.84. The van der Waals surface area contributed by atoms with Crippen LogP contribution in [0.4, 0.5) is 5.69 Å². The number of benzene rings is 3. The van der Waals surface area contributed by atoms with Gasteiger partial charge in [-0.05, 0) is 35.4 Å². The molecule has 6 nitrogen and oxygen atoms in total. The van der Waals surface area contributed by atoms with E-state index in [0.717, 1.165) is 44.9 Å². The Morgan fingerprint density at radius 1 is 1.00 bits per heavy atom. The van der Waals surface area contributed by atoms with Crippen molar-refractivity contribution in [2.75, 3.05) is 11.4 Å². The second-order valence-corrected chi connectivity index (χ2v) is 10.1. The van der Waals surface area contributed by atoms with Gasteiger partial charge in [-0.15, -0.1) is 5.10 Å². The average molecular weight is 531 g/mol. The zero-order valence-corrected chi connectivity index (χ0v) is 20.7. The first-order valence-electron chi connectivity index (χ1n) is 11.1. The predicted molar refractivity (Wildman–Crippen MR) is 139 cm³/mol. The molecule has 0 atom stereocenters. The van der Waals surface area contributed by atoms with Crippen molar-refractivity contribution in [1.29, 1.82) is 0 Å². The number of thiazole rings is 1.